The van der Waals surface area contributed by atoms with Crippen LogP contribution in [-0.2, 0) is 0 Å². The van der Waals surface area contributed by atoms with E-state index in [-0.39, 0.29) is 5.41 Å². The number of hydrogen-bond donors (Lipinski definition) is 0. The van der Waals surface area contributed by atoms with E-state index in [1.807, 2.05) is 26.8 Å². The average molecular weight is 153 g/mol. The van der Waals surface area contributed by atoms with Crippen molar-refractivity contribution in [2.75, 3.05) is 0 Å². The predicted molar refractivity (Wildman–Crippen MR) is 48.5 cm³/mol. The molecule has 62 valence electrons. The SMILES string of the molecule is C=C/C=[N+]([O-])\C=C/C(C)(C)C. The standard InChI is InChI=1S/C9H15NO/c1-5-7-10(11)8-6-9(2,3)4/h5-8H,1H2,2-4H3/b8-6-,10-7+. The van der Waals surface area contributed by atoms with E-state index in [2.05, 4.69) is 6.58 Å². The third-order valence-corrected chi connectivity index (χ3v) is 0.974. The van der Waals surface area contributed by atoms with Crippen LogP contribution < -0.4 is 0 Å². The monoisotopic (exact) mass is 153 g/mol. The molecule has 0 atom stereocenters. The molecule has 0 aromatic heterocycles. The smallest absolute Gasteiger partial charge is 0.179 e. The first-order valence-electron chi connectivity index (χ1n) is 3.56. The highest BCUT2D eigenvalue weighted by atomic mass is 16.5. The first-order chi connectivity index (χ1) is 4.95. The van der Waals surface area contributed by atoms with Gasteiger partial charge in [0.05, 0.1) is 0 Å². The zero-order valence-electron chi connectivity index (χ0n) is 7.37. The average Bonchev–Trinajstić information content (AvgIpc) is 1.83. The molecule has 2 nitrogen and oxygen atoms in total. The molecule has 0 heterocycles. The van der Waals surface area contributed by atoms with Gasteiger partial charge in [-0.2, -0.15) is 4.74 Å². The second kappa shape index (κ2) is 3.96. The van der Waals surface area contributed by atoms with E-state index in [1.165, 1.54) is 18.5 Å². The second-order valence-corrected chi connectivity index (χ2v) is 3.43. The van der Waals surface area contributed by atoms with Gasteiger partial charge in [0.2, 0.25) is 0 Å². The lowest BCUT2D eigenvalue weighted by Gasteiger charge is -2.09. The molecule has 0 fully saturated rings. The fourth-order valence-electron chi connectivity index (χ4n) is 0.451. The van der Waals surface area contributed by atoms with Crippen LogP contribution in [0.2, 0.25) is 0 Å². The van der Waals surface area contributed by atoms with Crippen LogP contribution in [0.25, 0.3) is 0 Å². The molecule has 0 unspecified atom stereocenters. The third-order valence-electron chi connectivity index (χ3n) is 0.974. The molecule has 2 heteroatoms. The van der Waals surface area contributed by atoms with Gasteiger partial charge in [-0.1, -0.05) is 27.4 Å². The van der Waals surface area contributed by atoms with Crippen LogP contribution in [0.4, 0.5) is 0 Å². The van der Waals surface area contributed by atoms with Gasteiger partial charge in [-0.3, -0.25) is 0 Å². The normalized spacial score (nSPS) is 13.9. The van der Waals surface area contributed by atoms with E-state index < -0.39 is 0 Å². The lowest BCUT2D eigenvalue weighted by atomic mass is 9.97. The molecule has 0 amide bonds. The maximum absolute atomic E-state index is 10.8. The van der Waals surface area contributed by atoms with Gasteiger partial charge in [0.25, 0.3) is 0 Å². The van der Waals surface area contributed by atoms with Crippen molar-refractivity contribution in [1.82, 2.24) is 0 Å². The van der Waals surface area contributed by atoms with Crippen molar-refractivity contribution in [3.8, 4) is 0 Å². The number of rotatable bonds is 2. The maximum atomic E-state index is 10.8. The second-order valence-electron chi connectivity index (χ2n) is 3.43. The van der Waals surface area contributed by atoms with Gasteiger partial charge in [-0.25, -0.2) is 0 Å². The summed E-state index contributed by atoms with van der Waals surface area (Å²) >= 11 is 0. The van der Waals surface area contributed by atoms with E-state index in [1.54, 1.807) is 0 Å². The summed E-state index contributed by atoms with van der Waals surface area (Å²) < 4.78 is 0.734. The van der Waals surface area contributed by atoms with E-state index in [0.29, 0.717) is 0 Å². The minimum atomic E-state index is 0.0532. The summed E-state index contributed by atoms with van der Waals surface area (Å²) in [6, 6.07) is 0. The molecule has 0 saturated carbocycles. The number of allylic oxidation sites excluding steroid dienone is 2. The largest absolute Gasteiger partial charge is 0.619 e. The molecular formula is C9H15NO. The molecule has 0 aliphatic carbocycles. The fourth-order valence-corrected chi connectivity index (χ4v) is 0.451. The van der Waals surface area contributed by atoms with Crippen LogP contribution in [-0.4, -0.2) is 11.0 Å². The first kappa shape index (κ1) is 9.95. The topological polar surface area (TPSA) is 26.1 Å². The van der Waals surface area contributed by atoms with Crippen LogP contribution in [0.5, 0.6) is 0 Å². The van der Waals surface area contributed by atoms with Crippen molar-refractivity contribution in [2.24, 2.45) is 5.41 Å². The molecule has 0 aliphatic heterocycles. The van der Waals surface area contributed by atoms with Crippen LogP contribution in [0.3, 0.4) is 0 Å². The highest BCUT2D eigenvalue weighted by Crippen LogP contribution is 2.13. The predicted octanol–water partition coefficient (Wildman–Crippen LogP) is 2.31. The molecular weight excluding hydrogens is 138 g/mol. The Bertz CT molecular complexity index is 184. The van der Waals surface area contributed by atoms with Crippen LogP contribution in [0.1, 0.15) is 20.8 Å². The summed E-state index contributed by atoms with van der Waals surface area (Å²) in [6.45, 7) is 9.51. The van der Waals surface area contributed by atoms with Gasteiger partial charge in [0.15, 0.2) is 12.4 Å². The van der Waals surface area contributed by atoms with Crippen molar-refractivity contribution in [3.05, 3.63) is 30.1 Å². The van der Waals surface area contributed by atoms with Gasteiger partial charge in [-0.05, 0) is 17.6 Å². The van der Waals surface area contributed by atoms with E-state index in [4.69, 9.17) is 0 Å². The molecule has 0 aliphatic rings. The molecule has 0 bridgehead atoms. The molecule has 0 aromatic carbocycles. The van der Waals surface area contributed by atoms with Crippen molar-refractivity contribution in [1.29, 1.82) is 0 Å². The van der Waals surface area contributed by atoms with Gasteiger partial charge in [0.1, 0.15) is 0 Å². The van der Waals surface area contributed by atoms with Crippen molar-refractivity contribution in [2.45, 2.75) is 20.8 Å². The number of nitrogens with zero attached hydrogens (tertiary/aromatic N) is 1. The quantitative estimate of drug-likeness (QED) is 0.259. The van der Waals surface area contributed by atoms with Gasteiger partial charge in [-0.15, -0.1) is 0 Å². The lowest BCUT2D eigenvalue weighted by Crippen LogP contribution is -2.01. The van der Waals surface area contributed by atoms with E-state index >= 15 is 0 Å². The minimum Gasteiger partial charge on any atom is -0.619 e. The third kappa shape index (κ3) is 6.84. The zero-order valence-corrected chi connectivity index (χ0v) is 7.37. The van der Waals surface area contributed by atoms with Gasteiger partial charge >= 0.3 is 0 Å². The van der Waals surface area contributed by atoms with Crippen LogP contribution >= 0.6 is 0 Å². The molecule has 0 rings (SSSR count). The van der Waals surface area contributed by atoms with Gasteiger partial charge in [0, 0.05) is 0 Å². The zero-order chi connectivity index (χ0) is 8.91. The Balaban J connectivity index is 4.14. The van der Waals surface area contributed by atoms with Crippen LogP contribution in [0, 0.1) is 10.6 Å². The molecule has 0 saturated heterocycles. The van der Waals surface area contributed by atoms with E-state index in [0.717, 1.165) is 4.74 Å². The summed E-state index contributed by atoms with van der Waals surface area (Å²) in [7, 11) is 0. The summed E-state index contributed by atoms with van der Waals surface area (Å²) in [5.74, 6) is 0. The Morgan fingerprint density at radius 3 is 2.27 bits per heavy atom. The summed E-state index contributed by atoms with van der Waals surface area (Å²) in [6.07, 6.45) is 6.16. The van der Waals surface area contributed by atoms with E-state index in [9.17, 15) is 5.21 Å². The summed E-state index contributed by atoms with van der Waals surface area (Å²) in [4.78, 5) is 0. The molecule has 0 N–H and O–H groups in total. The molecule has 11 heavy (non-hydrogen) atoms. The maximum Gasteiger partial charge on any atom is 0.179 e. The van der Waals surface area contributed by atoms with Crippen molar-refractivity contribution >= 4 is 6.21 Å². The highest BCUT2D eigenvalue weighted by molar-refractivity contribution is 5.65. The summed E-state index contributed by atoms with van der Waals surface area (Å²) in [5.41, 5.74) is 0.0532. The Kier molecular flexibility index (Phi) is 3.58. The highest BCUT2D eigenvalue weighted by Gasteiger charge is 2.04. The fraction of sp³-hybridized carbons (Fsp3) is 0.444. The molecule has 0 spiro atoms. The molecule has 0 radical (unpaired) electrons. The van der Waals surface area contributed by atoms with Crippen molar-refractivity contribution in [3.63, 3.8) is 0 Å². The Labute approximate surface area is 68.1 Å². The summed E-state index contributed by atoms with van der Waals surface area (Å²) in [5, 5.41) is 10.8. The first-order valence-corrected chi connectivity index (χ1v) is 3.56. The van der Waals surface area contributed by atoms with Gasteiger partial charge < -0.3 is 5.21 Å². The Morgan fingerprint density at radius 2 is 1.91 bits per heavy atom. The van der Waals surface area contributed by atoms with Crippen LogP contribution in [0.15, 0.2) is 24.9 Å². The number of hydrogen-bond acceptors (Lipinski definition) is 1. The Morgan fingerprint density at radius 1 is 1.36 bits per heavy atom. The lowest BCUT2D eigenvalue weighted by molar-refractivity contribution is -0.372. The minimum absolute atomic E-state index is 0.0532. The van der Waals surface area contributed by atoms with Crippen molar-refractivity contribution < 1.29 is 4.74 Å². The number of hydroxylamine groups is 1. The molecule has 0 aromatic rings. The Hall–Kier alpha value is -1.05.